The molecule has 0 amide bonds. The molecule has 2 N–H and O–H groups in total. The summed E-state index contributed by atoms with van der Waals surface area (Å²) in [5.74, 6) is 2.93. The molecule has 0 aromatic carbocycles. The van der Waals surface area contributed by atoms with Gasteiger partial charge >= 0.3 is 0 Å². The van der Waals surface area contributed by atoms with Crippen molar-refractivity contribution in [3.63, 3.8) is 0 Å². The Labute approximate surface area is 90.8 Å². The summed E-state index contributed by atoms with van der Waals surface area (Å²) in [6, 6.07) is 4.07. The van der Waals surface area contributed by atoms with Crippen molar-refractivity contribution in [3.05, 3.63) is 24.2 Å². The molecule has 0 saturated heterocycles. The van der Waals surface area contributed by atoms with E-state index in [1.54, 1.807) is 6.26 Å². The average Bonchev–Trinajstić information content (AvgIpc) is 2.93. The largest absolute Gasteiger partial charge is 0.469 e. The third-order valence-electron chi connectivity index (χ3n) is 4.62. The van der Waals surface area contributed by atoms with E-state index < -0.39 is 0 Å². The molecule has 2 aliphatic rings. The molecule has 3 rings (SSSR count). The lowest BCUT2D eigenvalue weighted by Gasteiger charge is -2.36. The molecular formula is C13H19NO. The molecule has 15 heavy (non-hydrogen) atoms. The predicted molar refractivity (Wildman–Crippen MR) is 59.3 cm³/mol. The van der Waals surface area contributed by atoms with Gasteiger partial charge in [-0.3, -0.25) is 0 Å². The van der Waals surface area contributed by atoms with Crippen LogP contribution >= 0.6 is 0 Å². The minimum atomic E-state index is 0.362. The highest BCUT2D eigenvalue weighted by molar-refractivity contribution is 5.09. The van der Waals surface area contributed by atoms with Gasteiger partial charge in [-0.25, -0.2) is 0 Å². The highest BCUT2D eigenvalue weighted by atomic mass is 16.3. The van der Waals surface area contributed by atoms with Crippen LogP contribution in [0.1, 0.15) is 31.4 Å². The first-order chi connectivity index (χ1) is 7.32. The summed E-state index contributed by atoms with van der Waals surface area (Å²) in [6.07, 6.45) is 8.39. The van der Waals surface area contributed by atoms with Crippen LogP contribution in [0, 0.1) is 17.3 Å². The molecule has 82 valence electrons. The van der Waals surface area contributed by atoms with Crippen molar-refractivity contribution in [3.8, 4) is 0 Å². The van der Waals surface area contributed by atoms with E-state index in [1.165, 1.54) is 25.7 Å². The summed E-state index contributed by atoms with van der Waals surface area (Å²) in [5, 5.41) is 0. The summed E-state index contributed by atoms with van der Waals surface area (Å²) in [6.45, 7) is 0.828. The standard InChI is InChI=1S/C13H19NO/c14-9-13(8-12-2-1-5-15-12)7-10-3-4-11(13)6-10/h1-2,5,10-11H,3-4,6-9,14H2. The summed E-state index contributed by atoms with van der Waals surface area (Å²) in [5.41, 5.74) is 6.39. The highest BCUT2D eigenvalue weighted by Crippen LogP contribution is 2.56. The first-order valence-corrected chi connectivity index (χ1v) is 6.05. The second kappa shape index (κ2) is 3.38. The van der Waals surface area contributed by atoms with Gasteiger partial charge in [-0.2, -0.15) is 0 Å². The molecular weight excluding hydrogens is 186 g/mol. The van der Waals surface area contributed by atoms with Gasteiger partial charge in [0.15, 0.2) is 0 Å². The number of furan rings is 1. The Morgan fingerprint density at radius 3 is 2.93 bits per heavy atom. The topological polar surface area (TPSA) is 39.2 Å². The fraction of sp³-hybridized carbons (Fsp3) is 0.692. The van der Waals surface area contributed by atoms with Crippen LogP contribution in [0.25, 0.3) is 0 Å². The number of hydrogen-bond acceptors (Lipinski definition) is 2. The van der Waals surface area contributed by atoms with E-state index in [1.807, 2.05) is 6.07 Å². The third-order valence-corrected chi connectivity index (χ3v) is 4.62. The first-order valence-electron chi connectivity index (χ1n) is 6.05. The Kier molecular flexibility index (Phi) is 2.13. The van der Waals surface area contributed by atoms with E-state index >= 15 is 0 Å². The van der Waals surface area contributed by atoms with Gasteiger partial charge < -0.3 is 10.2 Å². The van der Waals surface area contributed by atoms with Crippen LogP contribution in [0.4, 0.5) is 0 Å². The smallest absolute Gasteiger partial charge is 0.104 e. The van der Waals surface area contributed by atoms with Crippen LogP contribution in [-0.2, 0) is 6.42 Å². The van der Waals surface area contributed by atoms with E-state index in [0.29, 0.717) is 5.41 Å². The van der Waals surface area contributed by atoms with Gasteiger partial charge in [0.1, 0.15) is 5.76 Å². The van der Waals surface area contributed by atoms with E-state index in [4.69, 9.17) is 10.2 Å². The summed E-state index contributed by atoms with van der Waals surface area (Å²) < 4.78 is 5.47. The second-order valence-electron chi connectivity index (χ2n) is 5.40. The molecule has 2 saturated carbocycles. The van der Waals surface area contributed by atoms with Crippen molar-refractivity contribution in [2.75, 3.05) is 6.54 Å². The maximum absolute atomic E-state index is 6.03. The first kappa shape index (κ1) is 9.46. The fourth-order valence-corrected chi connectivity index (χ4v) is 3.86. The molecule has 1 aromatic rings. The molecule has 2 aliphatic carbocycles. The maximum atomic E-state index is 6.03. The molecule has 1 heterocycles. The Morgan fingerprint density at radius 1 is 1.47 bits per heavy atom. The fourth-order valence-electron chi connectivity index (χ4n) is 3.86. The van der Waals surface area contributed by atoms with E-state index in [-0.39, 0.29) is 0 Å². The molecule has 3 unspecified atom stereocenters. The summed E-state index contributed by atoms with van der Waals surface area (Å²) >= 11 is 0. The second-order valence-corrected chi connectivity index (χ2v) is 5.40. The molecule has 2 nitrogen and oxygen atoms in total. The number of nitrogens with two attached hydrogens (primary N) is 1. The Morgan fingerprint density at radius 2 is 2.40 bits per heavy atom. The summed E-state index contributed by atoms with van der Waals surface area (Å²) in [4.78, 5) is 0. The quantitative estimate of drug-likeness (QED) is 0.823. The Balaban J connectivity index is 1.82. The minimum Gasteiger partial charge on any atom is -0.469 e. The summed E-state index contributed by atoms with van der Waals surface area (Å²) in [7, 11) is 0. The average molecular weight is 205 g/mol. The zero-order valence-corrected chi connectivity index (χ0v) is 9.11. The lowest BCUT2D eigenvalue weighted by atomic mass is 9.70. The molecule has 2 fully saturated rings. The van der Waals surface area contributed by atoms with Gasteiger partial charge in [0.05, 0.1) is 6.26 Å². The van der Waals surface area contributed by atoms with Crippen molar-refractivity contribution < 1.29 is 4.42 Å². The predicted octanol–water partition coefficient (Wildman–Crippen LogP) is 2.59. The van der Waals surface area contributed by atoms with E-state index in [0.717, 1.165) is 30.6 Å². The lowest BCUT2D eigenvalue weighted by molar-refractivity contribution is 0.161. The molecule has 1 aromatic heterocycles. The monoisotopic (exact) mass is 205 g/mol. The van der Waals surface area contributed by atoms with Gasteiger partial charge in [0.2, 0.25) is 0 Å². The zero-order valence-electron chi connectivity index (χ0n) is 9.11. The molecule has 2 heteroatoms. The van der Waals surface area contributed by atoms with Crippen LogP contribution in [0.3, 0.4) is 0 Å². The minimum absolute atomic E-state index is 0.362. The van der Waals surface area contributed by atoms with Crippen molar-refractivity contribution >= 4 is 0 Å². The molecule has 0 spiro atoms. The van der Waals surface area contributed by atoms with Gasteiger partial charge in [-0.15, -0.1) is 0 Å². The van der Waals surface area contributed by atoms with Crippen molar-refractivity contribution in [1.29, 1.82) is 0 Å². The van der Waals surface area contributed by atoms with Crippen LogP contribution in [0.5, 0.6) is 0 Å². The Bertz CT molecular complexity index is 332. The van der Waals surface area contributed by atoms with Crippen LogP contribution in [0.2, 0.25) is 0 Å². The van der Waals surface area contributed by atoms with E-state index in [9.17, 15) is 0 Å². The van der Waals surface area contributed by atoms with E-state index in [2.05, 4.69) is 6.07 Å². The number of hydrogen-bond donors (Lipinski definition) is 1. The molecule has 2 bridgehead atoms. The normalized spacial score (nSPS) is 38.7. The molecule has 0 aliphatic heterocycles. The maximum Gasteiger partial charge on any atom is 0.104 e. The van der Waals surface area contributed by atoms with Crippen molar-refractivity contribution in [1.82, 2.24) is 0 Å². The highest BCUT2D eigenvalue weighted by Gasteiger charge is 2.50. The van der Waals surface area contributed by atoms with Gasteiger partial charge in [-0.1, -0.05) is 6.42 Å². The van der Waals surface area contributed by atoms with Gasteiger partial charge in [0.25, 0.3) is 0 Å². The third kappa shape index (κ3) is 1.43. The van der Waals surface area contributed by atoms with Crippen molar-refractivity contribution in [2.45, 2.75) is 32.1 Å². The van der Waals surface area contributed by atoms with Crippen molar-refractivity contribution in [2.24, 2.45) is 23.0 Å². The SMILES string of the molecule is NCC1(Cc2ccco2)CC2CCC1C2. The lowest BCUT2D eigenvalue weighted by Crippen LogP contribution is -2.37. The van der Waals surface area contributed by atoms with Gasteiger partial charge in [0, 0.05) is 6.42 Å². The van der Waals surface area contributed by atoms with Crippen LogP contribution < -0.4 is 5.73 Å². The number of fused-ring (bicyclic) bond motifs is 2. The van der Waals surface area contributed by atoms with Crippen LogP contribution in [-0.4, -0.2) is 6.54 Å². The number of rotatable bonds is 3. The van der Waals surface area contributed by atoms with Gasteiger partial charge in [-0.05, 0) is 55.2 Å². The Hall–Kier alpha value is -0.760. The van der Waals surface area contributed by atoms with Crippen LogP contribution in [0.15, 0.2) is 22.8 Å². The molecule has 3 atom stereocenters. The molecule has 0 radical (unpaired) electrons. The zero-order chi connectivity index (χ0) is 10.3.